The smallest absolute Gasteiger partial charge is 0.381 e. The van der Waals surface area contributed by atoms with E-state index in [-0.39, 0.29) is 30.1 Å². The summed E-state index contributed by atoms with van der Waals surface area (Å²) in [5.74, 6) is 0. The van der Waals surface area contributed by atoms with Crippen molar-refractivity contribution < 1.29 is 39.5 Å². The lowest BCUT2D eigenvalue weighted by Gasteiger charge is -2.18. The third kappa shape index (κ3) is 4.46. The van der Waals surface area contributed by atoms with Gasteiger partial charge >= 0.3 is 12.4 Å². The van der Waals surface area contributed by atoms with Crippen molar-refractivity contribution in [3.63, 3.8) is 0 Å². The van der Waals surface area contributed by atoms with Crippen LogP contribution >= 0.6 is 0 Å². The number of nitrogens with zero attached hydrogens (tertiary/aromatic N) is 1. The molecule has 0 saturated heterocycles. The van der Waals surface area contributed by atoms with Gasteiger partial charge in [-0.1, -0.05) is 6.07 Å². The molecule has 3 rings (SSSR count). The fourth-order valence-electron chi connectivity index (χ4n) is 3.52. The van der Waals surface area contributed by atoms with Gasteiger partial charge in [-0.25, -0.2) is 8.42 Å². The first-order chi connectivity index (χ1) is 13.8. The average Bonchev–Trinajstić information content (AvgIpc) is 3.16. The SMILES string of the molecule is CO[C@@H]1CC[C@@H](S(=O)(=O)c2ccc(-c3ccnc(C(F)(F)F)c3)cc2C(F)(F)F)C1. The van der Waals surface area contributed by atoms with Gasteiger partial charge in [0, 0.05) is 13.3 Å². The maximum atomic E-state index is 13.7. The molecular formula is C19H17F6NO3S. The Hall–Kier alpha value is -2.14. The van der Waals surface area contributed by atoms with E-state index in [1.54, 1.807) is 0 Å². The quantitative estimate of drug-likeness (QED) is 0.603. The number of benzene rings is 1. The van der Waals surface area contributed by atoms with Crippen molar-refractivity contribution in [2.24, 2.45) is 0 Å². The molecule has 0 N–H and O–H groups in total. The Morgan fingerprint density at radius 1 is 0.967 bits per heavy atom. The third-order valence-electron chi connectivity index (χ3n) is 5.08. The van der Waals surface area contributed by atoms with E-state index in [1.165, 1.54) is 7.11 Å². The van der Waals surface area contributed by atoms with Crippen LogP contribution in [0.4, 0.5) is 26.3 Å². The van der Waals surface area contributed by atoms with Gasteiger partial charge in [0.15, 0.2) is 9.84 Å². The number of halogens is 6. The third-order valence-corrected chi connectivity index (χ3v) is 7.36. The topological polar surface area (TPSA) is 56.3 Å². The van der Waals surface area contributed by atoms with E-state index in [0.717, 1.165) is 24.4 Å². The monoisotopic (exact) mass is 453 g/mol. The number of hydrogen-bond donors (Lipinski definition) is 0. The number of hydrogen-bond acceptors (Lipinski definition) is 4. The summed E-state index contributed by atoms with van der Waals surface area (Å²) >= 11 is 0. The lowest BCUT2D eigenvalue weighted by molar-refractivity contribution is -0.141. The predicted molar refractivity (Wildman–Crippen MR) is 95.3 cm³/mol. The molecular weight excluding hydrogens is 436 g/mol. The van der Waals surface area contributed by atoms with Gasteiger partial charge in [0.1, 0.15) is 5.69 Å². The molecule has 1 heterocycles. The molecule has 1 aliphatic carbocycles. The molecule has 0 amide bonds. The molecule has 0 spiro atoms. The number of pyridine rings is 1. The molecule has 4 nitrogen and oxygen atoms in total. The van der Waals surface area contributed by atoms with Gasteiger partial charge in [0.05, 0.1) is 21.8 Å². The minimum Gasteiger partial charge on any atom is -0.381 e. The average molecular weight is 453 g/mol. The Morgan fingerprint density at radius 3 is 2.20 bits per heavy atom. The van der Waals surface area contributed by atoms with E-state index in [4.69, 9.17) is 4.74 Å². The van der Waals surface area contributed by atoms with E-state index in [9.17, 15) is 34.8 Å². The summed E-state index contributed by atoms with van der Waals surface area (Å²) in [5, 5.41) is -1.02. The van der Waals surface area contributed by atoms with Crippen LogP contribution in [0.2, 0.25) is 0 Å². The molecule has 164 valence electrons. The second-order valence-electron chi connectivity index (χ2n) is 6.97. The summed E-state index contributed by atoms with van der Waals surface area (Å²) in [6.45, 7) is 0. The highest BCUT2D eigenvalue weighted by Crippen LogP contribution is 2.41. The number of aromatic nitrogens is 1. The number of methoxy groups -OCH3 is 1. The largest absolute Gasteiger partial charge is 0.433 e. The van der Waals surface area contributed by atoms with E-state index >= 15 is 0 Å². The zero-order chi connectivity index (χ0) is 22.3. The fraction of sp³-hybridized carbons (Fsp3) is 0.421. The number of rotatable bonds is 4. The Kier molecular flexibility index (Phi) is 5.89. The van der Waals surface area contributed by atoms with Gasteiger partial charge in [0.2, 0.25) is 0 Å². The van der Waals surface area contributed by atoms with Crippen molar-refractivity contribution in [2.75, 3.05) is 7.11 Å². The van der Waals surface area contributed by atoms with E-state index in [2.05, 4.69) is 4.98 Å². The lowest BCUT2D eigenvalue weighted by Crippen LogP contribution is -2.23. The maximum absolute atomic E-state index is 13.7. The van der Waals surface area contributed by atoms with Gasteiger partial charge in [0.25, 0.3) is 0 Å². The standard InChI is InChI=1S/C19H17F6NO3S/c1-29-13-3-4-14(10-13)30(27,28)16-5-2-11(8-15(16)18(20,21)22)12-6-7-26-17(9-12)19(23,24)25/h2,5-9,13-14H,3-4,10H2,1H3/t13-,14-/m1/s1. The van der Waals surface area contributed by atoms with Crippen LogP contribution in [0.25, 0.3) is 11.1 Å². The molecule has 2 aromatic rings. The molecule has 0 radical (unpaired) electrons. The Morgan fingerprint density at radius 2 is 1.63 bits per heavy atom. The number of sulfone groups is 1. The summed E-state index contributed by atoms with van der Waals surface area (Å²) in [6, 6.07) is 4.18. The van der Waals surface area contributed by atoms with Crippen molar-refractivity contribution >= 4 is 9.84 Å². The van der Waals surface area contributed by atoms with Crippen LogP contribution in [0.1, 0.15) is 30.5 Å². The first kappa shape index (κ1) is 22.5. The van der Waals surface area contributed by atoms with E-state index < -0.39 is 43.6 Å². The minimum atomic E-state index is -5.02. The summed E-state index contributed by atoms with van der Waals surface area (Å²) < 4.78 is 111. The molecule has 1 aromatic heterocycles. The Labute approximate surface area is 168 Å². The van der Waals surface area contributed by atoms with Crippen LogP contribution in [-0.2, 0) is 26.9 Å². The molecule has 0 unspecified atom stereocenters. The normalized spacial score (nSPS) is 20.5. The Balaban J connectivity index is 2.08. The summed E-state index contributed by atoms with van der Waals surface area (Å²) in [6.07, 6.45) is -8.65. The highest BCUT2D eigenvalue weighted by atomic mass is 32.2. The summed E-state index contributed by atoms with van der Waals surface area (Å²) in [4.78, 5) is 2.29. The van der Waals surface area contributed by atoms with Crippen LogP contribution in [0.15, 0.2) is 41.4 Å². The predicted octanol–water partition coefficient (Wildman–Crippen LogP) is 5.13. The van der Waals surface area contributed by atoms with Crippen LogP contribution in [0, 0.1) is 0 Å². The van der Waals surface area contributed by atoms with Gasteiger partial charge in [-0.15, -0.1) is 0 Å². The van der Waals surface area contributed by atoms with Crippen LogP contribution in [0.5, 0.6) is 0 Å². The van der Waals surface area contributed by atoms with Crippen molar-refractivity contribution in [1.29, 1.82) is 0 Å². The second kappa shape index (κ2) is 7.84. The summed E-state index contributed by atoms with van der Waals surface area (Å²) in [5.41, 5.74) is -3.03. The van der Waals surface area contributed by atoms with Gasteiger partial charge in [-0.05, 0) is 54.7 Å². The maximum Gasteiger partial charge on any atom is 0.433 e. The summed E-state index contributed by atoms with van der Waals surface area (Å²) in [7, 11) is -2.92. The van der Waals surface area contributed by atoms with Crippen LogP contribution in [0.3, 0.4) is 0 Å². The molecule has 1 saturated carbocycles. The highest BCUT2D eigenvalue weighted by Gasteiger charge is 2.42. The second-order valence-corrected chi connectivity index (χ2v) is 9.17. The minimum absolute atomic E-state index is 0.0805. The number of alkyl halides is 6. The van der Waals surface area contributed by atoms with Gasteiger partial charge < -0.3 is 4.74 Å². The lowest BCUT2D eigenvalue weighted by atomic mass is 10.0. The Bertz CT molecular complexity index is 1030. The van der Waals surface area contributed by atoms with Crippen molar-refractivity contribution in [3.8, 4) is 11.1 Å². The first-order valence-electron chi connectivity index (χ1n) is 8.85. The van der Waals surface area contributed by atoms with Crippen molar-refractivity contribution in [3.05, 3.63) is 47.8 Å². The van der Waals surface area contributed by atoms with Crippen molar-refractivity contribution in [2.45, 2.75) is 47.9 Å². The number of ether oxygens (including phenoxy) is 1. The first-order valence-corrected chi connectivity index (χ1v) is 10.4. The molecule has 1 aromatic carbocycles. The van der Waals surface area contributed by atoms with Crippen LogP contribution in [-0.4, -0.2) is 31.9 Å². The molecule has 1 fully saturated rings. The fourth-order valence-corrected chi connectivity index (χ4v) is 5.53. The molecule has 1 aliphatic rings. The molecule has 11 heteroatoms. The molecule has 0 aliphatic heterocycles. The highest BCUT2D eigenvalue weighted by molar-refractivity contribution is 7.92. The van der Waals surface area contributed by atoms with E-state index in [0.29, 0.717) is 18.6 Å². The zero-order valence-electron chi connectivity index (χ0n) is 15.6. The van der Waals surface area contributed by atoms with Gasteiger partial charge in [-0.2, -0.15) is 26.3 Å². The molecule has 0 bridgehead atoms. The zero-order valence-corrected chi connectivity index (χ0v) is 16.4. The van der Waals surface area contributed by atoms with Crippen molar-refractivity contribution in [1.82, 2.24) is 4.98 Å². The molecule has 2 atom stereocenters. The van der Waals surface area contributed by atoms with E-state index in [1.807, 2.05) is 0 Å². The van der Waals surface area contributed by atoms with Gasteiger partial charge in [-0.3, -0.25) is 4.98 Å². The van der Waals surface area contributed by atoms with Crippen LogP contribution < -0.4 is 0 Å². The molecule has 30 heavy (non-hydrogen) atoms.